The van der Waals surface area contributed by atoms with Crippen molar-refractivity contribution in [1.82, 2.24) is 19.9 Å². The van der Waals surface area contributed by atoms with E-state index in [0.717, 1.165) is 32.2 Å². The second-order valence-electron chi connectivity index (χ2n) is 7.24. The predicted molar refractivity (Wildman–Crippen MR) is 115 cm³/mol. The number of likely N-dealkylation sites (N-methyl/N-ethyl adjacent to an activating group) is 1. The van der Waals surface area contributed by atoms with E-state index < -0.39 is 17.5 Å². The van der Waals surface area contributed by atoms with E-state index in [1.54, 1.807) is 0 Å². The van der Waals surface area contributed by atoms with Crippen LogP contribution in [0.15, 0.2) is 42.9 Å². The van der Waals surface area contributed by atoms with Gasteiger partial charge in [-0.15, -0.1) is 0 Å². The molecule has 0 spiro atoms. The van der Waals surface area contributed by atoms with Gasteiger partial charge in [0, 0.05) is 37.9 Å². The fourth-order valence-electron chi connectivity index (χ4n) is 3.27. The molecule has 1 amide bonds. The molecule has 0 atom stereocenters. The number of carbonyl (C=O) groups is 2. The van der Waals surface area contributed by atoms with Crippen molar-refractivity contribution in [2.24, 2.45) is 0 Å². The first-order valence-electron chi connectivity index (χ1n) is 9.66. The molecule has 1 fully saturated rings. The molecule has 0 bridgehead atoms. The smallest absolute Gasteiger partial charge is 0.272 e. The lowest BCUT2D eigenvalue weighted by molar-refractivity contribution is 0.102. The number of H-pyrrole nitrogens is 1. The van der Waals surface area contributed by atoms with Crippen LogP contribution in [-0.2, 0) is 0 Å². The van der Waals surface area contributed by atoms with Crippen molar-refractivity contribution in [3.8, 4) is 0 Å². The van der Waals surface area contributed by atoms with Gasteiger partial charge >= 0.3 is 0 Å². The molecule has 160 valence electrons. The normalized spacial score (nSPS) is 14.5. The van der Waals surface area contributed by atoms with Crippen LogP contribution in [0.5, 0.6) is 0 Å². The number of benzene rings is 1. The summed E-state index contributed by atoms with van der Waals surface area (Å²) in [6.07, 6.45) is 4.41. The van der Waals surface area contributed by atoms with Gasteiger partial charge in [-0.1, -0.05) is 17.7 Å². The molecule has 3 heterocycles. The van der Waals surface area contributed by atoms with E-state index in [0.29, 0.717) is 11.6 Å². The molecule has 1 saturated heterocycles. The Balaban J connectivity index is 1.43. The molecule has 2 N–H and O–H groups in total. The van der Waals surface area contributed by atoms with Crippen molar-refractivity contribution in [3.05, 3.63) is 70.5 Å². The van der Waals surface area contributed by atoms with E-state index in [-0.39, 0.29) is 21.8 Å². The van der Waals surface area contributed by atoms with E-state index in [4.69, 9.17) is 11.6 Å². The number of hydrogen-bond acceptors (Lipinski definition) is 6. The Labute approximate surface area is 183 Å². The third-order valence-corrected chi connectivity index (χ3v) is 5.38. The van der Waals surface area contributed by atoms with Crippen LogP contribution in [0.1, 0.15) is 26.4 Å². The number of hydrogen-bond donors (Lipinski definition) is 2. The fourth-order valence-corrected chi connectivity index (χ4v) is 3.52. The number of aromatic nitrogens is 3. The van der Waals surface area contributed by atoms with Gasteiger partial charge in [0.15, 0.2) is 5.78 Å². The molecule has 2 aromatic heterocycles. The second-order valence-corrected chi connectivity index (χ2v) is 7.65. The van der Waals surface area contributed by atoms with Gasteiger partial charge < -0.3 is 20.1 Å². The summed E-state index contributed by atoms with van der Waals surface area (Å²) in [6, 6.07) is 5.36. The summed E-state index contributed by atoms with van der Waals surface area (Å²) in [4.78, 5) is 40.8. The molecule has 0 aliphatic carbocycles. The van der Waals surface area contributed by atoms with Gasteiger partial charge in [-0.3, -0.25) is 9.59 Å². The minimum absolute atomic E-state index is 0.00907. The lowest BCUT2D eigenvalue weighted by Crippen LogP contribution is -2.45. The van der Waals surface area contributed by atoms with Gasteiger partial charge in [-0.05, 0) is 25.2 Å². The highest BCUT2D eigenvalue weighted by Gasteiger charge is 2.21. The van der Waals surface area contributed by atoms with Gasteiger partial charge in [0.05, 0.1) is 28.7 Å². The highest BCUT2D eigenvalue weighted by Crippen LogP contribution is 2.23. The molecule has 1 aromatic carbocycles. The SMILES string of the molecule is CN1CCN(c2ncc(NC(=O)c3cc(C(=O)c4c(F)cccc4Cl)c[nH]3)cn2)CC1. The molecule has 0 saturated carbocycles. The predicted octanol–water partition coefficient (Wildman–Crippen LogP) is 2.83. The van der Waals surface area contributed by atoms with Crippen molar-refractivity contribution in [3.63, 3.8) is 0 Å². The Morgan fingerprint density at radius 1 is 1.16 bits per heavy atom. The minimum Gasteiger partial charge on any atom is -0.356 e. The highest BCUT2D eigenvalue weighted by molar-refractivity contribution is 6.35. The lowest BCUT2D eigenvalue weighted by Gasteiger charge is -2.32. The van der Waals surface area contributed by atoms with E-state index in [1.165, 1.54) is 36.8 Å². The number of anilines is 2. The maximum Gasteiger partial charge on any atom is 0.272 e. The molecule has 3 aromatic rings. The van der Waals surface area contributed by atoms with Gasteiger partial charge in [-0.2, -0.15) is 0 Å². The van der Waals surface area contributed by atoms with Crippen molar-refractivity contribution >= 4 is 34.9 Å². The maximum absolute atomic E-state index is 14.0. The average molecular weight is 443 g/mol. The monoisotopic (exact) mass is 442 g/mol. The topological polar surface area (TPSA) is 94.2 Å². The zero-order valence-electron chi connectivity index (χ0n) is 16.7. The van der Waals surface area contributed by atoms with Crippen LogP contribution in [0, 0.1) is 5.82 Å². The number of ketones is 1. The molecular weight excluding hydrogens is 423 g/mol. The molecule has 8 nitrogen and oxygen atoms in total. The summed E-state index contributed by atoms with van der Waals surface area (Å²) >= 11 is 5.96. The molecule has 0 radical (unpaired) electrons. The van der Waals surface area contributed by atoms with Crippen LogP contribution in [0.3, 0.4) is 0 Å². The Kier molecular flexibility index (Phi) is 5.97. The van der Waals surface area contributed by atoms with Crippen LogP contribution in [0.25, 0.3) is 0 Å². The van der Waals surface area contributed by atoms with E-state index in [2.05, 4.69) is 37.1 Å². The molecule has 1 aliphatic heterocycles. The first-order valence-corrected chi connectivity index (χ1v) is 10.0. The fraction of sp³-hybridized carbons (Fsp3) is 0.238. The third-order valence-electron chi connectivity index (χ3n) is 5.06. The zero-order valence-corrected chi connectivity index (χ0v) is 17.5. The Morgan fingerprint density at radius 3 is 2.55 bits per heavy atom. The first-order chi connectivity index (χ1) is 14.9. The van der Waals surface area contributed by atoms with Gasteiger partial charge in [-0.25, -0.2) is 14.4 Å². The van der Waals surface area contributed by atoms with Crippen LogP contribution >= 0.6 is 11.6 Å². The molecular formula is C21H20ClFN6O2. The Bertz CT molecular complexity index is 1090. The molecule has 4 rings (SSSR count). The summed E-state index contributed by atoms with van der Waals surface area (Å²) in [5.74, 6) is -1.20. The highest BCUT2D eigenvalue weighted by atomic mass is 35.5. The van der Waals surface area contributed by atoms with E-state index >= 15 is 0 Å². The summed E-state index contributed by atoms with van der Waals surface area (Å²) in [7, 11) is 2.07. The number of rotatable bonds is 5. The van der Waals surface area contributed by atoms with E-state index in [1.807, 2.05) is 0 Å². The minimum atomic E-state index is -0.720. The van der Waals surface area contributed by atoms with Crippen molar-refractivity contribution in [1.29, 1.82) is 0 Å². The van der Waals surface area contributed by atoms with Crippen molar-refractivity contribution < 1.29 is 14.0 Å². The maximum atomic E-state index is 14.0. The van der Waals surface area contributed by atoms with Gasteiger partial charge in [0.1, 0.15) is 11.5 Å². The number of halogens is 2. The van der Waals surface area contributed by atoms with E-state index in [9.17, 15) is 14.0 Å². The third kappa shape index (κ3) is 4.57. The molecule has 10 heteroatoms. The number of nitrogens with one attached hydrogen (secondary N) is 2. The summed E-state index contributed by atoms with van der Waals surface area (Å²) in [5, 5.41) is 2.69. The van der Waals surface area contributed by atoms with Crippen LogP contribution in [0.2, 0.25) is 5.02 Å². The Morgan fingerprint density at radius 2 is 1.87 bits per heavy atom. The number of piperazine rings is 1. The van der Waals surface area contributed by atoms with Crippen LogP contribution in [-0.4, -0.2) is 64.8 Å². The quantitative estimate of drug-likeness (QED) is 0.590. The summed E-state index contributed by atoms with van der Waals surface area (Å²) < 4.78 is 14.0. The van der Waals surface area contributed by atoms with Crippen LogP contribution < -0.4 is 10.2 Å². The average Bonchev–Trinajstić information content (AvgIpc) is 3.25. The van der Waals surface area contributed by atoms with Crippen molar-refractivity contribution in [2.45, 2.75) is 0 Å². The lowest BCUT2D eigenvalue weighted by atomic mass is 10.1. The molecule has 31 heavy (non-hydrogen) atoms. The molecule has 0 unspecified atom stereocenters. The summed E-state index contributed by atoms with van der Waals surface area (Å²) in [5.41, 5.74) is 0.447. The number of amides is 1. The van der Waals surface area contributed by atoms with Gasteiger partial charge in [0.2, 0.25) is 5.95 Å². The summed E-state index contributed by atoms with van der Waals surface area (Å²) in [6.45, 7) is 3.56. The number of aromatic amines is 1. The standard InChI is InChI=1S/C21H20ClFN6O2/c1-28-5-7-29(8-6-28)21-25-11-14(12-26-21)27-20(31)17-9-13(10-24-17)19(30)18-15(22)3-2-4-16(18)23/h2-4,9-12,24H,5-8H2,1H3,(H,27,31). The molecule has 1 aliphatic rings. The first kappa shape index (κ1) is 21.0. The largest absolute Gasteiger partial charge is 0.356 e. The number of nitrogens with zero attached hydrogens (tertiary/aromatic N) is 4. The van der Waals surface area contributed by atoms with Crippen molar-refractivity contribution in [2.75, 3.05) is 43.4 Å². The zero-order chi connectivity index (χ0) is 22.0. The van der Waals surface area contributed by atoms with Gasteiger partial charge in [0.25, 0.3) is 5.91 Å². The Hall–Kier alpha value is -3.30. The number of carbonyl (C=O) groups excluding carboxylic acids is 2. The van der Waals surface area contributed by atoms with Crippen LogP contribution in [0.4, 0.5) is 16.0 Å². The second kappa shape index (κ2) is 8.83.